The molecule has 0 spiro atoms. The van der Waals surface area contributed by atoms with E-state index in [1.807, 2.05) is 6.92 Å². The molecule has 1 aliphatic carbocycles. The Morgan fingerprint density at radius 3 is 2.13 bits per heavy atom. The maximum absolute atomic E-state index is 13.3. The summed E-state index contributed by atoms with van der Waals surface area (Å²) in [5, 5.41) is 0. The van der Waals surface area contributed by atoms with Crippen LogP contribution in [0, 0.1) is 5.92 Å². The standard InChI is InChI=1S/C20H24F6O5/c1-2-28-11-12-29-14-5-3-13(4-6-14)17(27)30-15-7-9-16(10-8-15)31-20(25,26)18(21)19(22,23)24/h7-10,13-14,18H,2-6,11-12H2,1H3. The largest absolute Gasteiger partial charge is 0.439 e. The second kappa shape index (κ2) is 11.0. The monoisotopic (exact) mass is 458 g/mol. The second-order valence-corrected chi connectivity index (χ2v) is 7.00. The van der Waals surface area contributed by atoms with Gasteiger partial charge in [0.05, 0.1) is 25.2 Å². The Labute approximate surface area is 175 Å². The first-order valence-corrected chi connectivity index (χ1v) is 9.81. The molecular weight excluding hydrogens is 434 g/mol. The fraction of sp³-hybridized carbons (Fsp3) is 0.650. The molecule has 0 radical (unpaired) electrons. The van der Waals surface area contributed by atoms with Gasteiger partial charge >= 0.3 is 18.3 Å². The van der Waals surface area contributed by atoms with Crippen LogP contribution in [0.1, 0.15) is 32.6 Å². The van der Waals surface area contributed by atoms with Gasteiger partial charge in [-0.2, -0.15) is 22.0 Å². The van der Waals surface area contributed by atoms with Crippen molar-refractivity contribution in [3.05, 3.63) is 24.3 Å². The summed E-state index contributed by atoms with van der Waals surface area (Å²) >= 11 is 0. The first-order valence-electron chi connectivity index (χ1n) is 9.81. The fourth-order valence-corrected chi connectivity index (χ4v) is 3.06. The van der Waals surface area contributed by atoms with Crippen molar-refractivity contribution in [3.8, 4) is 11.5 Å². The lowest BCUT2D eigenvalue weighted by atomic mass is 9.87. The molecule has 31 heavy (non-hydrogen) atoms. The minimum atomic E-state index is -5.77. The van der Waals surface area contributed by atoms with E-state index in [1.54, 1.807) is 0 Å². The van der Waals surface area contributed by atoms with Crippen LogP contribution >= 0.6 is 0 Å². The van der Waals surface area contributed by atoms with Gasteiger partial charge in [-0.1, -0.05) is 0 Å². The first-order chi connectivity index (χ1) is 14.5. The van der Waals surface area contributed by atoms with E-state index in [0.29, 0.717) is 45.5 Å². The number of hydrogen-bond acceptors (Lipinski definition) is 5. The summed E-state index contributed by atoms with van der Waals surface area (Å²) in [5.41, 5.74) is 0. The minimum Gasteiger partial charge on any atom is -0.430 e. The Hall–Kier alpha value is -2.01. The van der Waals surface area contributed by atoms with Gasteiger partial charge < -0.3 is 18.9 Å². The van der Waals surface area contributed by atoms with Crippen molar-refractivity contribution < 1.29 is 50.1 Å². The average Bonchev–Trinajstić information content (AvgIpc) is 2.71. The molecule has 0 heterocycles. The predicted octanol–water partition coefficient (Wildman–Crippen LogP) is 5.08. The van der Waals surface area contributed by atoms with Gasteiger partial charge in [0.15, 0.2) is 0 Å². The summed E-state index contributed by atoms with van der Waals surface area (Å²) < 4.78 is 95.8. The number of rotatable bonds is 10. The fourth-order valence-electron chi connectivity index (χ4n) is 3.06. The van der Waals surface area contributed by atoms with Crippen molar-refractivity contribution in [1.82, 2.24) is 0 Å². The molecule has 0 aromatic heterocycles. The van der Waals surface area contributed by atoms with Crippen molar-refractivity contribution in [2.75, 3.05) is 19.8 Å². The highest BCUT2D eigenvalue weighted by Crippen LogP contribution is 2.37. The SMILES string of the molecule is CCOCCOC1CCC(C(=O)Oc2ccc(OC(F)(F)C(F)C(F)(F)F)cc2)CC1. The van der Waals surface area contributed by atoms with Crippen molar-refractivity contribution in [2.45, 2.75) is 57.2 Å². The molecule has 1 aromatic rings. The number of ether oxygens (including phenoxy) is 4. The van der Waals surface area contributed by atoms with Crippen LogP contribution in [0.2, 0.25) is 0 Å². The third-order valence-electron chi connectivity index (χ3n) is 4.67. The molecule has 1 aromatic carbocycles. The molecule has 1 aliphatic rings. The number of hydrogen-bond donors (Lipinski definition) is 0. The second-order valence-electron chi connectivity index (χ2n) is 7.00. The first kappa shape index (κ1) is 25.3. The molecule has 11 heteroatoms. The van der Waals surface area contributed by atoms with E-state index in [1.165, 1.54) is 0 Å². The highest BCUT2D eigenvalue weighted by Gasteiger charge is 2.59. The van der Waals surface area contributed by atoms with Crippen molar-refractivity contribution in [1.29, 1.82) is 0 Å². The third-order valence-corrected chi connectivity index (χ3v) is 4.67. The number of carbonyl (C=O) groups is 1. The molecule has 0 N–H and O–H groups in total. The number of benzene rings is 1. The Morgan fingerprint density at radius 1 is 1.00 bits per heavy atom. The van der Waals surface area contributed by atoms with E-state index >= 15 is 0 Å². The highest BCUT2D eigenvalue weighted by atomic mass is 19.4. The van der Waals surface area contributed by atoms with Crippen LogP contribution in [0.3, 0.4) is 0 Å². The van der Waals surface area contributed by atoms with Crippen LogP contribution in [0.4, 0.5) is 26.3 Å². The Morgan fingerprint density at radius 2 is 1.58 bits per heavy atom. The van der Waals surface area contributed by atoms with E-state index in [4.69, 9.17) is 14.2 Å². The molecule has 5 nitrogen and oxygen atoms in total. The lowest BCUT2D eigenvalue weighted by Gasteiger charge is -2.27. The van der Waals surface area contributed by atoms with E-state index in [2.05, 4.69) is 4.74 Å². The molecule has 176 valence electrons. The van der Waals surface area contributed by atoms with Crippen LogP contribution in [-0.2, 0) is 14.3 Å². The van der Waals surface area contributed by atoms with E-state index < -0.39 is 30.2 Å². The summed E-state index contributed by atoms with van der Waals surface area (Å²) in [6, 6.07) is 3.88. The zero-order valence-corrected chi connectivity index (χ0v) is 16.8. The van der Waals surface area contributed by atoms with Gasteiger partial charge in [0.25, 0.3) is 6.17 Å². The van der Waals surface area contributed by atoms with E-state index in [9.17, 15) is 31.1 Å². The van der Waals surface area contributed by atoms with Gasteiger partial charge in [0.1, 0.15) is 11.5 Å². The quantitative estimate of drug-likeness (QED) is 0.212. The summed E-state index contributed by atoms with van der Waals surface area (Å²) in [5.74, 6) is -1.57. The summed E-state index contributed by atoms with van der Waals surface area (Å²) in [4.78, 5) is 12.3. The van der Waals surface area contributed by atoms with Crippen LogP contribution in [0.5, 0.6) is 11.5 Å². The zero-order valence-electron chi connectivity index (χ0n) is 16.8. The van der Waals surface area contributed by atoms with E-state index in [0.717, 1.165) is 24.3 Å². The van der Waals surface area contributed by atoms with Crippen molar-refractivity contribution in [2.24, 2.45) is 5.92 Å². The van der Waals surface area contributed by atoms with Crippen LogP contribution < -0.4 is 9.47 Å². The van der Waals surface area contributed by atoms with Gasteiger partial charge in [-0.15, -0.1) is 0 Å². The summed E-state index contributed by atoms with van der Waals surface area (Å²) in [6.45, 7) is 3.49. The molecular formula is C20H24F6O5. The predicted molar refractivity (Wildman–Crippen MR) is 96.8 cm³/mol. The van der Waals surface area contributed by atoms with Crippen LogP contribution in [0.25, 0.3) is 0 Å². The maximum atomic E-state index is 13.3. The lowest BCUT2D eigenvalue weighted by molar-refractivity contribution is -0.305. The molecule has 1 fully saturated rings. The third kappa shape index (κ3) is 7.88. The van der Waals surface area contributed by atoms with Gasteiger partial charge in [0, 0.05) is 6.61 Å². The topological polar surface area (TPSA) is 54.0 Å². The molecule has 2 rings (SSSR count). The Bertz CT molecular complexity index is 686. The van der Waals surface area contributed by atoms with Crippen molar-refractivity contribution >= 4 is 5.97 Å². The minimum absolute atomic E-state index is 0.00312. The molecule has 0 saturated heterocycles. The summed E-state index contributed by atoms with van der Waals surface area (Å²) in [6.07, 6.45) is -12.8. The van der Waals surface area contributed by atoms with Crippen LogP contribution in [-0.4, -0.2) is 50.4 Å². The Kier molecular flexibility index (Phi) is 8.99. The lowest BCUT2D eigenvalue weighted by Crippen LogP contribution is -2.45. The molecule has 1 unspecified atom stereocenters. The molecule has 0 bridgehead atoms. The molecule has 1 atom stereocenters. The average molecular weight is 458 g/mol. The number of esters is 1. The van der Waals surface area contributed by atoms with Crippen molar-refractivity contribution in [3.63, 3.8) is 0 Å². The molecule has 0 aliphatic heterocycles. The molecule has 0 amide bonds. The number of carbonyl (C=O) groups excluding carboxylic acids is 1. The summed E-state index contributed by atoms with van der Waals surface area (Å²) in [7, 11) is 0. The maximum Gasteiger partial charge on any atom is 0.439 e. The Balaban J connectivity index is 1.81. The molecule has 1 saturated carbocycles. The van der Waals surface area contributed by atoms with Gasteiger partial charge in [-0.25, -0.2) is 4.39 Å². The number of alkyl halides is 6. The highest BCUT2D eigenvalue weighted by molar-refractivity contribution is 5.75. The smallest absolute Gasteiger partial charge is 0.430 e. The van der Waals surface area contributed by atoms with Gasteiger partial charge in [-0.3, -0.25) is 4.79 Å². The van der Waals surface area contributed by atoms with Crippen LogP contribution in [0.15, 0.2) is 24.3 Å². The van der Waals surface area contributed by atoms with Gasteiger partial charge in [0.2, 0.25) is 0 Å². The number of halogens is 6. The normalized spacial score (nSPS) is 20.9. The zero-order chi connectivity index (χ0) is 23.1. The van der Waals surface area contributed by atoms with E-state index in [-0.39, 0.29) is 17.8 Å². The van der Waals surface area contributed by atoms with Gasteiger partial charge in [-0.05, 0) is 56.9 Å².